The summed E-state index contributed by atoms with van der Waals surface area (Å²) in [7, 11) is 0. The average molecular weight is 284 g/mol. The highest BCUT2D eigenvalue weighted by atomic mass is 16.5. The van der Waals surface area contributed by atoms with Crippen LogP contribution in [0.4, 0.5) is 0 Å². The van der Waals surface area contributed by atoms with Crippen LogP contribution < -0.4 is 10.1 Å². The van der Waals surface area contributed by atoms with Crippen LogP contribution in [0.1, 0.15) is 23.2 Å². The minimum absolute atomic E-state index is 0.0361. The number of hydrogen-bond donors (Lipinski definition) is 1. The summed E-state index contributed by atoms with van der Waals surface area (Å²) in [5.41, 5.74) is 3.15. The smallest absolute Gasteiger partial charge is 0.223 e. The van der Waals surface area contributed by atoms with Gasteiger partial charge in [-0.1, -0.05) is 18.2 Å². The molecule has 0 spiro atoms. The molecule has 0 aliphatic heterocycles. The van der Waals surface area contributed by atoms with Gasteiger partial charge in [0.2, 0.25) is 5.91 Å². The van der Waals surface area contributed by atoms with Crippen molar-refractivity contribution in [3.63, 3.8) is 0 Å². The van der Waals surface area contributed by atoms with E-state index in [-0.39, 0.29) is 5.91 Å². The number of pyridine rings is 1. The summed E-state index contributed by atoms with van der Waals surface area (Å²) >= 11 is 0. The molecule has 1 amide bonds. The molecule has 4 heteroatoms. The third-order valence-corrected chi connectivity index (χ3v) is 3.33. The lowest BCUT2D eigenvalue weighted by Gasteiger charge is -2.10. The van der Waals surface area contributed by atoms with Crippen LogP contribution in [0.3, 0.4) is 0 Å². The number of aryl methyl sites for hydroxylation is 1. The Hall–Kier alpha value is -2.36. The molecule has 1 aromatic heterocycles. The number of nitrogens with zero attached hydrogens (tertiary/aromatic N) is 1. The van der Waals surface area contributed by atoms with Gasteiger partial charge in [-0.2, -0.15) is 0 Å². The molecule has 0 bridgehead atoms. The van der Waals surface area contributed by atoms with Gasteiger partial charge in [-0.05, 0) is 43.2 Å². The van der Waals surface area contributed by atoms with E-state index in [9.17, 15) is 4.79 Å². The summed E-state index contributed by atoms with van der Waals surface area (Å²) < 4.78 is 5.66. The van der Waals surface area contributed by atoms with Crippen LogP contribution in [-0.4, -0.2) is 17.5 Å². The zero-order valence-corrected chi connectivity index (χ0v) is 12.4. The Kier molecular flexibility index (Phi) is 5.32. The first kappa shape index (κ1) is 15.0. The fraction of sp³-hybridized carbons (Fsp3) is 0.294. The van der Waals surface area contributed by atoms with Crippen molar-refractivity contribution in [2.24, 2.45) is 0 Å². The number of ether oxygens (including phenoxy) is 1. The van der Waals surface area contributed by atoms with Gasteiger partial charge >= 0.3 is 0 Å². The topological polar surface area (TPSA) is 51.2 Å². The molecule has 1 N–H and O–H groups in total. The number of carbonyl (C=O) groups is 1. The molecule has 0 fully saturated rings. The number of amides is 1. The summed E-state index contributed by atoms with van der Waals surface area (Å²) in [6, 6.07) is 11.6. The van der Waals surface area contributed by atoms with E-state index in [1.165, 1.54) is 5.56 Å². The lowest BCUT2D eigenvalue weighted by Crippen LogP contribution is -2.24. The molecule has 1 heterocycles. The second-order valence-electron chi connectivity index (χ2n) is 4.89. The third kappa shape index (κ3) is 4.60. The fourth-order valence-corrected chi connectivity index (χ4v) is 1.91. The normalized spacial score (nSPS) is 10.2. The zero-order chi connectivity index (χ0) is 15.1. The van der Waals surface area contributed by atoms with Gasteiger partial charge in [0.05, 0.1) is 25.3 Å². The van der Waals surface area contributed by atoms with Crippen LogP contribution in [0.5, 0.6) is 5.75 Å². The lowest BCUT2D eigenvalue weighted by molar-refractivity contribution is -0.121. The maximum absolute atomic E-state index is 11.7. The van der Waals surface area contributed by atoms with E-state index in [1.807, 2.05) is 50.2 Å². The Bertz CT molecular complexity index is 597. The van der Waals surface area contributed by atoms with Crippen molar-refractivity contribution >= 4 is 5.91 Å². The Morgan fingerprint density at radius 2 is 2.05 bits per heavy atom. The number of nitrogens with one attached hydrogen (secondary N) is 1. The molecule has 4 nitrogen and oxygen atoms in total. The largest absolute Gasteiger partial charge is 0.493 e. The monoisotopic (exact) mass is 284 g/mol. The molecule has 0 saturated carbocycles. The fourth-order valence-electron chi connectivity index (χ4n) is 1.91. The molecule has 21 heavy (non-hydrogen) atoms. The quantitative estimate of drug-likeness (QED) is 0.887. The summed E-state index contributed by atoms with van der Waals surface area (Å²) in [4.78, 5) is 15.9. The average Bonchev–Trinajstić information content (AvgIpc) is 2.50. The molecule has 0 aliphatic rings. The van der Waals surface area contributed by atoms with Crippen molar-refractivity contribution in [1.29, 1.82) is 0 Å². The Labute approximate surface area is 125 Å². The summed E-state index contributed by atoms with van der Waals surface area (Å²) in [6.07, 6.45) is 2.05. The maximum atomic E-state index is 11.7. The third-order valence-electron chi connectivity index (χ3n) is 3.33. The Morgan fingerprint density at radius 3 is 2.81 bits per heavy atom. The minimum Gasteiger partial charge on any atom is -0.493 e. The van der Waals surface area contributed by atoms with E-state index < -0.39 is 0 Å². The van der Waals surface area contributed by atoms with Crippen molar-refractivity contribution in [2.75, 3.05) is 6.61 Å². The van der Waals surface area contributed by atoms with Crippen LogP contribution >= 0.6 is 0 Å². The van der Waals surface area contributed by atoms with Crippen molar-refractivity contribution in [2.45, 2.75) is 26.8 Å². The number of rotatable bonds is 6. The van der Waals surface area contributed by atoms with Crippen molar-refractivity contribution < 1.29 is 9.53 Å². The van der Waals surface area contributed by atoms with E-state index in [2.05, 4.69) is 10.3 Å². The molecule has 110 valence electrons. The van der Waals surface area contributed by atoms with Crippen LogP contribution in [0.25, 0.3) is 0 Å². The number of hydrogen-bond acceptors (Lipinski definition) is 3. The van der Waals surface area contributed by atoms with Gasteiger partial charge in [0, 0.05) is 6.20 Å². The van der Waals surface area contributed by atoms with E-state index >= 15 is 0 Å². The second-order valence-corrected chi connectivity index (χ2v) is 4.89. The van der Waals surface area contributed by atoms with Gasteiger partial charge in [0.15, 0.2) is 0 Å². The highest BCUT2D eigenvalue weighted by Gasteiger charge is 2.05. The number of benzene rings is 1. The van der Waals surface area contributed by atoms with Crippen LogP contribution in [-0.2, 0) is 11.3 Å². The molecule has 0 unspecified atom stereocenters. The number of carbonyl (C=O) groups excluding carboxylic acids is 1. The van der Waals surface area contributed by atoms with Gasteiger partial charge in [-0.15, -0.1) is 0 Å². The van der Waals surface area contributed by atoms with Crippen molar-refractivity contribution in [3.8, 4) is 5.75 Å². The molecule has 0 aliphatic carbocycles. The predicted molar refractivity (Wildman–Crippen MR) is 82.1 cm³/mol. The van der Waals surface area contributed by atoms with E-state index in [4.69, 9.17) is 4.74 Å². The van der Waals surface area contributed by atoms with E-state index in [0.29, 0.717) is 19.6 Å². The highest BCUT2D eigenvalue weighted by Crippen LogP contribution is 2.20. The molecular formula is C17H20N2O2. The Balaban J connectivity index is 1.73. The summed E-state index contributed by atoms with van der Waals surface area (Å²) in [5.74, 6) is 0.804. The maximum Gasteiger partial charge on any atom is 0.223 e. The van der Waals surface area contributed by atoms with E-state index in [0.717, 1.165) is 17.0 Å². The van der Waals surface area contributed by atoms with E-state index in [1.54, 1.807) is 6.20 Å². The molecule has 0 atom stereocenters. The van der Waals surface area contributed by atoms with Crippen LogP contribution in [0, 0.1) is 13.8 Å². The summed E-state index contributed by atoms with van der Waals surface area (Å²) in [5, 5.41) is 2.83. The molecule has 2 rings (SSSR count). The standard InChI is InChI=1S/C17H20N2O2/c1-13-6-5-8-16(14(13)2)21-11-9-17(20)19-12-15-7-3-4-10-18-15/h3-8,10H,9,11-12H2,1-2H3,(H,19,20). The van der Waals surface area contributed by atoms with Crippen molar-refractivity contribution in [1.82, 2.24) is 10.3 Å². The predicted octanol–water partition coefficient (Wildman–Crippen LogP) is 2.78. The molecule has 2 aromatic rings. The number of aromatic nitrogens is 1. The Morgan fingerprint density at radius 1 is 1.19 bits per heavy atom. The van der Waals surface area contributed by atoms with Gasteiger partial charge in [0.25, 0.3) is 0 Å². The SMILES string of the molecule is Cc1cccc(OCCC(=O)NCc2ccccn2)c1C. The first-order valence-corrected chi connectivity index (χ1v) is 7.02. The van der Waals surface area contributed by atoms with Gasteiger partial charge in [0.1, 0.15) is 5.75 Å². The zero-order valence-electron chi connectivity index (χ0n) is 12.4. The second kappa shape index (κ2) is 7.43. The first-order chi connectivity index (χ1) is 10.2. The molecule has 1 aromatic carbocycles. The lowest BCUT2D eigenvalue weighted by atomic mass is 10.1. The molecule has 0 radical (unpaired) electrons. The van der Waals surface area contributed by atoms with Crippen LogP contribution in [0.2, 0.25) is 0 Å². The molecular weight excluding hydrogens is 264 g/mol. The first-order valence-electron chi connectivity index (χ1n) is 7.02. The minimum atomic E-state index is -0.0361. The van der Waals surface area contributed by atoms with Gasteiger partial charge in [-0.25, -0.2) is 0 Å². The van der Waals surface area contributed by atoms with Gasteiger partial charge in [-0.3, -0.25) is 9.78 Å². The molecule has 0 saturated heterocycles. The summed E-state index contributed by atoms with van der Waals surface area (Å²) in [6.45, 7) is 4.88. The van der Waals surface area contributed by atoms with Crippen molar-refractivity contribution in [3.05, 3.63) is 59.4 Å². The van der Waals surface area contributed by atoms with Gasteiger partial charge < -0.3 is 10.1 Å². The van der Waals surface area contributed by atoms with Crippen LogP contribution in [0.15, 0.2) is 42.6 Å². The highest BCUT2D eigenvalue weighted by molar-refractivity contribution is 5.75.